The number of ether oxygens (including phenoxy) is 2. The average Bonchev–Trinajstić information content (AvgIpc) is 2.75. The van der Waals surface area contributed by atoms with Gasteiger partial charge in [-0.1, -0.05) is 43.6 Å². The molecule has 3 aromatic rings. The lowest BCUT2D eigenvalue weighted by molar-refractivity contribution is 0.203. The van der Waals surface area contributed by atoms with Crippen molar-refractivity contribution < 1.29 is 9.47 Å². The second-order valence-corrected chi connectivity index (χ2v) is 10.6. The van der Waals surface area contributed by atoms with Crippen molar-refractivity contribution in [2.75, 3.05) is 6.61 Å². The summed E-state index contributed by atoms with van der Waals surface area (Å²) in [5.41, 5.74) is 0.793. The Hall–Kier alpha value is -2.19. The van der Waals surface area contributed by atoms with Crippen molar-refractivity contribution in [1.82, 2.24) is 9.66 Å². The zero-order valence-corrected chi connectivity index (χ0v) is 22.9. The first-order chi connectivity index (χ1) is 15.5. The van der Waals surface area contributed by atoms with Gasteiger partial charge in [-0.25, -0.2) is 4.98 Å². The number of fused-ring (bicyclic) bond motifs is 1. The van der Waals surface area contributed by atoms with Crippen molar-refractivity contribution >= 4 is 49.0 Å². The Morgan fingerprint density at radius 3 is 2.52 bits per heavy atom. The van der Waals surface area contributed by atoms with E-state index in [1.54, 1.807) is 12.3 Å². The number of benzene rings is 2. The average molecular weight is 579 g/mol. The first kappa shape index (κ1) is 25.4. The molecule has 0 spiro atoms. The van der Waals surface area contributed by atoms with Crippen LogP contribution in [0.2, 0.25) is 0 Å². The molecule has 6 nitrogen and oxygen atoms in total. The van der Waals surface area contributed by atoms with E-state index in [1.807, 2.05) is 58.9 Å². The Kier molecular flexibility index (Phi) is 8.00. The summed E-state index contributed by atoms with van der Waals surface area (Å²) in [7, 11) is 0. The molecular formula is C25H29Br2N3O3. The van der Waals surface area contributed by atoms with E-state index in [-0.39, 0.29) is 17.1 Å². The van der Waals surface area contributed by atoms with Crippen LogP contribution in [0.5, 0.6) is 11.5 Å². The molecule has 0 aliphatic heterocycles. The molecule has 0 fully saturated rings. The summed E-state index contributed by atoms with van der Waals surface area (Å²) in [6, 6.07) is 9.23. The third-order valence-electron chi connectivity index (χ3n) is 5.06. The lowest BCUT2D eigenvalue weighted by atomic mass is 9.95. The van der Waals surface area contributed by atoms with Gasteiger partial charge in [-0.2, -0.15) is 9.78 Å². The first-order valence-corrected chi connectivity index (χ1v) is 12.5. The third kappa shape index (κ3) is 5.84. The summed E-state index contributed by atoms with van der Waals surface area (Å²) >= 11 is 7.05. The molecule has 0 N–H and O–H groups in total. The molecule has 0 amide bonds. The van der Waals surface area contributed by atoms with E-state index >= 15 is 0 Å². The maximum absolute atomic E-state index is 13.4. The fraction of sp³-hybridized carbons (Fsp3) is 0.400. The summed E-state index contributed by atoms with van der Waals surface area (Å²) in [4.78, 5) is 18.1. The molecule has 176 valence electrons. The summed E-state index contributed by atoms with van der Waals surface area (Å²) in [5.74, 6) is 1.88. The van der Waals surface area contributed by atoms with Gasteiger partial charge in [-0.15, -0.1) is 0 Å². The van der Waals surface area contributed by atoms with Crippen molar-refractivity contribution in [2.45, 2.75) is 59.5 Å². The Bertz CT molecular complexity index is 1250. The predicted octanol–water partition coefficient (Wildman–Crippen LogP) is 6.68. The van der Waals surface area contributed by atoms with Crippen LogP contribution in [0.15, 0.2) is 49.2 Å². The highest BCUT2D eigenvalue weighted by Gasteiger charge is 2.23. The van der Waals surface area contributed by atoms with Crippen molar-refractivity contribution in [2.24, 2.45) is 5.10 Å². The van der Waals surface area contributed by atoms with Gasteiger partial charge in [-0.3, -0.25) is 4.79 Å². The van der Waals surface area contributed by atoms with E-state index in [4.69, 9.17) is 14.5 Å². The van der Waals surface area contributed by atoms with Crippen LogP contribution in [-0.4, -0.2) is 28.6 Å². The van der Waals surface area contributed by atoms with Crippen molar-refractivity contribution in [3.05, 3.63) is 61.0 Å². The molecule has 8 heteroatoms. The number of nitrogens with zero attached hydrogens (tertiary/aromatic N) is 3. The second kappa shape index (κ2) is 10.4. The van der Waals surface area contributed by atoms with Crippen molar-refractivity contribution in [1.29, 1.82) is 0 Å². The van der Waals surface area contributed by atoms with Crippen molar-refractivity contribution in [3.63, 3.8) is 0 Å². The number of hydrogen-bond donors (Lipinski definition) is 0. The maximum atomic E-state index is 13.4. The van der Waals surface area contributed by atoms with E-state index in [2.05, 4.69) is 43.9 Å². The molecule has 0 aliphatic carbocycles. The second-order valence-electron chi connectivity index (χ2n) is 8.80. The molecule has 0 bridgehead atoms. The van der Waals surface area contributed by atoms with Crippen LogP contribution in [0.1, 0.15) is 59.4 Å². The topological polar surface area (TPSA) is 65.7 Å². The van der Waals surface area contributed by atoms with Gasteiger partial charge < -0.3 is 9.47 Å². The number of halogens is 2. The van der Waals surface area contributed by atoms with Gasteiger partial charge in [0.25, 0.3) is 5.56 Å². The number of rotatable bonds is 7. The highest BCUT2D eigenvalue weighted by molar-refractivity contribution is 9.10. The first-order valence-electron chi connectivity index (χ1n) is 10.9. The smallest absolute Gasteiger partial charge is 0.282 e. The van der Waals surface area contributed by atoms with E-state index in [1.165, 1.54) is 4.68 Å². The Morgan fingerprint density at radius 1 is 1.15 bits per heavy atom. The van der Waals surface area contributed by atoms with Gasteiger partial charge in [0.2, 0.25) is 0 Å². The standard InChI is InChI=1S/C25H29Br2N3O3/c1-7-15(3)33-22-13-19(27)16(11-21(22)32-8-2)14-28-30-23(31)18-12-17(26)9-10-20(18)29-24(30)25(4,5)6/h9-15H,7-8H2,1-6H3/t15-/m1/s1. The molecule has 1 heterocycles. The molecule has 3 rings (SSSR count). The van der Waals surface area contributed by atoms with E-state index < -0.39 is 0 Å². The minimum Gasteiger partial charge on any atom is -0.490 e. The van der Waals surface area contributed by atoms with Crippen LogP contribution >= 0.6 is 31.9 Å². The van der Waals surface area contributed by atoms with Crippen LogP contribution in [0, 0.1) is 0 Å². The van der Waals surface area contributed by atoms with Crippen LogP contribution in [0.4, 0.5) is 0 Å². The molecule has 2 aromatic carbocycles. The van der Waals surface area contributed by atoms with E-state index in [0.29, 0.717) is 34.8 Å². The molecule has 0 unspecified atom stereocenters. The van der Waals surface area contributed by atoms with Gasteiger partial charge in [0, 0.05) is 19.9 Å². The molecule has 0 aliphatic rings. The van der Waals surface area contributed by atoms with Gasteiger partial charge in [0.1, 0.15) is 5.82 Å². The Labute approximate surface area is 211 Å². The SMILES string of the molecule is CCOc1cc(C=Nn2c(C(C)(C)C)nc3ccc(Br)cc3c2=O)c(Br)cc1O[C@H](C)CC. The van der Waals surface area contributed by atoms with Gasteiger partial charge in [0.05, 0.1) is 29.8 Å². The van der Waals surface area contributed by atoms with E-state index in [9.17, 15) is 4.79 Å². The number of hydrogen-bond acceptors (Lipinski definition) is 5. The Morgan fingerprint density at radius 2 is 1.88 bits per heavy atom. The molecule has 0 radical (unpaired) electrons. The lowest BCUT2D eigenvalue weighted by Gasteiger charge is -2.21. The molecule has 1 atom stereocenters. The lowest BCUT2D eigenvalue weighted by Crippen LogP contribution is -2.29. The van der Waals surface area contributed by atoms with Crippen LogP contribution < -0.4 is 15.0 Å². The zero-order chi connectivity index (χ0) is 24.3. The molecule has 0 saturated heterocycles. The van der Waals surface area contributed by atoms with E-state index in [0.717, 1.165) is 20.9 Å². The van der Waals surface area contributed by atoms with Crippen LogP contribution in [0.25, 0.3) is 10.9 Å². The molecule has 1 aromatic heterocycles. The highest BCUT2D eigenvalue weighted by Crippen LogP contribution is 2.34. The zero-order valence-electron chi connectivity index (χ0n) is 19.8. The minimum absolute atomic E-state index is 0.0616. The monoisotopic (exact) mass is 577 g/mol. The summed E-state index contributed by atoms with van der Waals surface area (Å²) in [5, 5.41) is 5.07. The van der Waals surface area contributed by atoms with Gasteiger partial charge in [0.15, 0.2) is 11.5 Å². The van der Waals surface area contributed by atoms with Crippen molar-refractivity contribution in [3.8, 4) is 11.5 Å². The largest absolute Gasteiger partial charge is 0.490 e. The van der Waals surface area contributed by atoms with Crippen LogP contribution in [0.3, 0.4) is 0 Å². The molecule has 33 heavy (non-hydrogen) atoms. The predicted molar refractivity (Wildman–Crippen MR) is 141 cm³/mol. The summed E-state index contributed by atoms with van der Waals surface area (Å²) < 4.78 is 14.8. The molecular weight excluding hydrogens is 550 g/mol. The maximum Gasteiger partial charge on any atom is 0.282 e. The highest BCUT2D eigenvalue weighted by atomic mass is 79.9. The fourth-order valence-electron chi connectivity index (χ4n) is 3.17. The normalized spacial score (nSPS) is 13.0. The van der Waals surface area contributed by atoms with Crippen LogP contribution in [-0.2, 0) is 5.41 Å². The molecule has 0 saturated carbocycles. The number of aromatic nitrogens is 2. The summed E-state index contributed by atoms with van der Waals surface area (Å²) in [6.45, 7) is 12.6. The van der Waals surface area contributed by atoms with Gasteiger partial charge >= 0.3 is 0 Å². The minimum atomic E-state index is -0.389. The summed E-state index contributed by atoms with van der Waals surface area (Å²) in [6.07, 6.45) is 2.59. The Balaban J connectivity index is 2.14. The third-order valence-corrected chi connectivity index (χ3v) is 6.24. The fourth-order valence-corrected chi connectivity index (χ4v) is 3.96. The quantitative estimate of drug-likeness (QED) is 0.293. The van der Waals surface area contributed by atoms with Gasteiger partial charge in [-0.05, 0) is 66.5 Å².